The lowest BCUT2D eigenvalue weighted by atomic mass is 9.90. The fraction of sp³-hybridized carbons (Fsp3) is 0.647. The van der Waals surface area contributed by atoms with Crippen LogP contribution in [0.2, 0.25) is 0 Å². The van der Waals surface area contributed by atoms with Crippen molar-refractivity contribution >= 4 is 0 Å². The Balaban J connectivity index is 1.79. The standard InChI is InChI=1S/C17H28N2/c1-3-4-8-16-11-17(14-19(2)13-16)18-12-15-9-6-5-7-10-15/h5-7,9-10,16-18H,3-4,8,11-14H2,1-2H3. The molecule has 2 atom stereocenters. The molecule has 2 heteroatoms. The molecule has 1 aliphatic rings. The SMILES string of the molecule is CCCCC1CC(NCc2ccccc2)CN(C)C1. The Labute approximate surface area is 118 Å². The minimum absolute atomic E-state index is 0.654. The number of hydrogen-bond acceptors (Lipinski definition) is 2. The lowest BCUT2D eigenvalue weighted by molar-refractivity contribution is 0.160. The Morgan fingerprint density at radius 2 is 2.00 bits per heavy atom. The third kappa shape index (κ3) is 4.96. The smallest absolute Gasteiger partial charge is 0.0208 e. The first-order valence-electron chi connectivity index (χ1n) is 7.73. The molecule has 0 bridgehead atoms. The van der Waals surface area contributed by atoms with E-state index in [1.807, 2.05) is 0 Å². The average molecular weight is 260 g/mol. The number of likely N-dealkylation sites (tertiary alicyclic amines) is 1. The molecule has 0 amide bonds. The van der Waals surface area contributed by atoms with E-state index in [0.717, 1.165) is 12.5 Å². The fourth-order valence-corrected chi connectivity index (χ4v) is 3.15. The molecule has 1 heterocycles. The van der Waals surface area contributed by atoms with Crippen molar-refractivity contribution < 1.29 is 0 Å². The zero-order valence-electron chi connectivity index (χ0n) is 12.4. The van der Waals surface area contributed by atoms with E-state index in [-0.39, 0.29) is 0 Å². The number of piperidine rings is 1. The van der Waals surface area contributed by atoms with Crippen molar-refractivity contribution in [2.24, 2.45) is 5.92 Å². The summed E-state index contributed by atoms with van der Waals surface area (Å²) in [5, 5.41) is 3.73. The molecule has 1 aromatic rings. The molecule has 0 radical (unpaired) electrons. The Bertz CT molecular complexity index is 350. The van der Waals surface area contributed by atoms with Crippen LogP contribution in [0, 0.1) is 5.92 Å². The summed E-state index contributed by atoms with van der Waals surface area (Å²) >= 11 is 0. The maximum absolute atomic E-state index is 3.73. The largest absolute Gasteiger partial charge is 0.309 e. The summed E-state index contributed by atoms with van der Waals surface area (Å²) in [6, 6.07) is 11.4. The monoisotopic (exact) mass is 260 g/mol. The van der Waals surface area contributed by atoms with Crippen LogP contribution >= 0.6 is 0 Å². The molecule has 1 fully saturated rings. The second-order valence-corrected chi connectivity index (χ2v) is 6.03. The molecule has 1 aliphatic heterocycles. The molecular weight excluding hydrogens is 232 g/mol. The summed E-state index contributed by atoms with van der Waals surface area (Å²) < 4.78 is 0. The number of unbranched alkanes of at least 4 members (excludes halogenated alkanes) is 1. The number of rotatable bonds is 6. The van der Waals surface area contributed by atoms with Crippen LogP contribution in [-0.2, 0) is 6.54 Å². The second kappa shape index (κ2) is 7.66. The zero-order chi connectivity index (χ0) is 13.5. The van der Waals surface area contributed by atoms with Crippen molar-refractivity contribution in [3.05, 3.63) is 35.9 Å². The van der Waals surface area contributed by atoms with Crippen LogP contribution < -0.4 is 5.32 Å². The van der Waals surface area contributed by atoms with Crippen LogP contribution in [0.25, 0.3) is 0 Å². The first kappa shape index (κ1) is 14.5. The first-order valence-corrected chi connectivity index (χ1v) is 7.73. The van der Waals surface area contributed by atoms with Crippen LogP contribution in [0.15, 0.2) is 30.3 Å². The predicted octanol–water partition coefficient (Wildman–Crippen LogP) is 3.29. The molecule has 0 aromatic heterocycles. The maximum atomic E-state index is 3.73. The first-order chi connectivity index (χ1) is 9.28. The van der Waals surface area contributed by atoms with Crippen molar-refractivity contribution in [1.29, 1.82) is 0 Å². The van der Waals surface area contributed by atoms with E-state index in [1.165, 1.54) is 44.3 Å². The van der Waals surface area contributed by atoms with E-state index < -0.39 is 0 Å². The van der Waals surface area contributed by atoms with Crippen LogP contribution in [0.4, 0.5) is 0 Å². The predicted molar refractivity (Wildman–Crippen MR) is 82.2 cm³/mol. The normalized spacial score (nSPS) is 24.5. The van der Waals surface area contributed by atoms with E-state index in [0.29, 0.717) is 6.04 Å². The van der Waals surface area contributed by atoms with Gasteiger partial charge in [-0.15, -0.1) is 0 Å². The summed E-state index contributed by atoms with van der Waals surface area (Å²) in [5.41, 5.74) is 1.39. The van der Waals surface area contributed by atoms with Crippen LogP contribution in [-0.4, -0.2) is 31.1 Å². The lowest BCUT2D eigenvalue weighted by Gasteiger charge is -2.36. The van der Waals surface area contributed by atoms with Gasteiger partial charge in [0.15, 0.2) is 0 Å². The highest BCUT2D eigenvalue weighted by molar-refractivity contribution is 5.14. The molecule has 0 saturated carbocycles. The molecule has 2 rings (SSSR count). The molecule has 0 aliphatic carbocycles. The lowest BCUT2D eigenvalue weighted by Crippen LogP contribution is -2.47. The topological polar surface area (TPSA) is 15.3 Å². The number of likely N-dealkylation sites (N-methyl/N-ethyl adjacent to an activating group) is 1. The van der Waals surface area contributed by atoms with Gasteiger partial charge in [-0.1, -0.05) is 50.1 Å². The molecule has 1 N–H and O–H groups in total. The van der Waals surface area contributed by atoms with E-state index >= 15 is 0 Å². The van der Waals surface area contributed by atoms with Crippen LogP contribution in [0.1, 0.15) is 38.2 Å². The van der Waals surface area contributed by atoms with Gasteiger partial charge >= 0.3 is 0 Å². The van der Waals surface area contributed by atoms with Crippen molar-refractivity contribution in [1.82, 2.24) is 10.2 Å². The van der Waals surface area contributed by atoms with Gasteiger partial charge in [0.2, 0.25) is 0 Å². The average Bonchev–Trinajstić information content (AvgIpc) is 2.43. The van der Waals surface area contributed by atoms with E-state index in [4.69, 9.17) is 0 Å². The Hall–Kier alpha value is -0.860. The number of nitrogens with zero attached hydrogens (tertiary/aromatic N) is 1. The van der Waals surface area contributed by atoms with Gasteiger partial charge in [0, 0.05) is 25.7 Å². The number of hydrogen-bond donors (Lipinski definition) is 1. The Kier molecular flexibility index (Phi) is 5.87. The third-order valence-corrected chi connectivity index (χ3v) is 4.12. The maximum Gasteiger partial charge on any atom is 0.0208 e. The second-order valence-electron chi connectivity index (χ2n) is 6.03. The van der Waals surface area contributed by atoms with Gasteiger partial charge in [0.05, 0.1) is 0 Å². The van der Waals surface area contributed by atoms with Gasteiger partial charge in [-0.2, -0.15) is 0 Å². The third-order valence-electron chi connectivity index (χ3n) is 4.12. The Morgan fingerprint density at radius 1 is 1.21 bits per heavy atom. The van der Waals surface area contributed by atoms with E-state index in [9.17, 15) is 0 Å². The highest BCUT2D eigenvalue weighted by Gasteiger charge is 2.24. The van der Waals surface area contributed by atoms with Crippen molar-refractivity contribution in [2.75, 3.05) is 20.1 Å². The summed E-state index contributed by atoms with van der Waals surface area (Å²) in [5.74, 6) is 0.881. The fourth-order valence-electron chi connectivity index (χ4n) is 3.15. The van der Waals surface area contributed by atoms with Crippen molar-refractivity contribution in [3.8, 4) is 0 Å². The van der Waals surface area contributed by atoms with Gasteiger partial charge in [0.1, 0.15) is 0 Å². The minimum Gasteiger partial charge on any atom is -0.309 e. The molecular formula is C17H28N2. The summed E-state index contributed by atoms with van der Waals surface area (Å²) in [4.78, 5) is 2.49. The molecule has 106 valence electrons. The number of benzene rings is 1. The summed E-state index contributed by atoms with van der Waals surface area (Å²) in [6.07, 6.45) is 5.44. The highest BCUT2D eigenvalue weighted by atomic mass is 15.1. The van der Waals surface area contributed by atoms with Gasteiger partial charge in [0.25, 0.3) is 0 Å². The molecule has 2 unspecified atom stereocenters. The summed E-state index contributed by atoms with van der Waals surface area (Å²) in [7, 11) is 2.26. The van der Waals surface area contributed by atoms with Gasteiger partial charge in [-0.3, -0.25) is 0 Å². The highest BCUT2D eigenvalue weighted by Crippen LogP contribution is 2.21. The molecule has 19 heavy (non-hydrogen) atoms. The van der Waals surface area contributed by atoms with Crippen LogP contribution in [0.5, 0.6) is 0 Å². The van der Waals surface area contributed by atoms with Crippen molar-refractivity contribution in [3.63, 3.8) is 0 Å². The summed E-state index contributed by atoms with van der Waals surface area (Å²) in [6.45, 7) is 5.76. The van der Waals surface area contributed by atoms with Crippen molar-refractivity contribution in [2.45, 2.75) is 45.2 Å². The molecule has 2 nitrogen and oxygen atoms in total. The van der Waals surface area contributed by atoms with E-state index in [1.54, 1.807) is 0 Å². The molecule has 1 saturated heterocycles. The van der Waals surface area contributed by atoms with Gasteiger partial charge in [-0.25, -0.2) is 0 Å². The molecule has 0 spiro atoms. The number of nitrogens with one attached hydrogen (secondary N) is 1. The van der Waals surface area contributed by atoms with E-state index in [2.05, 4.69) is 54.5 Å². The quantitative estimate of drug-likeness (QED) is 0.844. The van der Waals surface area contributed by atoms with Crippen LogP contribution in [0.3, 0.4) is 0 Å². The van der Waals surface area contributed by atoms with Gasteiger partial charge in [-0.05, 0) is 31.4 Å². The molecule has 1 aromatic carbocycles. The Morgan fingerprint density at radius 3 is 2.74 bits per heavy atom. The minimum atomic E-state index is 0.654. The zero-order valence-corrected chi connectivity index (χ0v) is 12.4. The van der Waals surface area contributed by atoms with Gasteiger partial charge < -0.3 is 10.2 Å².